The molecule has 37 heavy (non-hydrogen) atoms. The Hall–Kier alpha value is -2.73. The number of nitrogens with one attached hydrogen (secondary N) is 1. The molecule has 5 nitrogen and oxygen atoms in total. The van der Waals surface area contributed by atoms with Gasteiger partial charge in [0.05, 0.1) is 0 Å². The topological polar surface area (TPSA) is 52.7 Å². The number of rotatable bonds is 6. The van der Waals surface area contributed by atoms with Crippen LogP contribution in [-0.2, 0) is 16.8 Å². The van der Waals surface area contributed by atoms with Crippen molar-refractivity contribution in [1.29, 1.82) is 0 Å². The van der Waals surface area contributed by atoms with Crippen molar-refractivity contribution in [3.05, 3.63) is 65.0 Å². The van der Waals surface area contributed by atoms with Gasteiger partial charge in [-0.25, -0.2) is 4.39 Å². The van der Waals surface area contributed by atoms with Gasteiger partial charge in [0.15, 0.2) is 0 Å². The molecule has 0 bridgehead atoms. The predicted octanol–water partition coefficient (Wildman–Crippen LogP) is 6.31. The van der Waals surface area contributed by atoms with Gasteiger partial charge >= 0.3 is 0 Å². The van der Waals surface area contributed by atoms with Crippen LogP contribution in [0.2, 0.25) is 0 Å². The van der Waals surface area contributed by atoms with Gasteiger partial charge in [-0.3, -0.25) is 14.5 Å². The maximum Gasteiger partial charge on any atom is 0.251 e. The van der Waals surface area contributed by atoms with Crippen LogP contribution in [0.3, 0.4) is 0 Å². The first-order chi connectivity index (χ1) is 17.6. The van der Waals surface area contributed by atoms with Gasteiger partial charge in [0.2, 0.25) is 5.91 Å². The molecule has 2 aromatic rings. The van der Waals surface area contributed by atoms with Crippen molar-refractivity contribution in [2.24, 2.45) is 5.92 Å². The van der Waals surface area contributed by atoms with Crippen LogP contribution in [0.25, 0.3) is 0 Å². The fourth-order valence-electron chi connectivity index (χ4n) is 5.20. The van der Waals surface area contributed by atoms with E-state index in [2.05, 4.69) is 24.1 Å². The lowest BCUT2D eigenvalue weighted by atomic mass is 9.84. The molecule has 1 heterocycles. The minimum absolute atomic E-state index is 0.0255. The fraction of sp³-hybridized carbons (Fsp3) is 0.548. The highest BCUT2D eigenvalue weighted by Crippen LogP contribution is 2.28. The lowest BCUT2D eigenvalue weighted by molar-refractivity contribution is -0.116. The third-order valence-electron chi connectivity index (χ3n) is 7.18. The van der Waals surface area contributed by atoms with E-state index in [4.69, 9.17) is 0 Å². The molecule has 0 saturated carbocycles. The summed E-state index contributed by atoms with van der Waals surface area (Å²) >= 11 is 0. The van der Waals surface area contributed by atoms with Gasteiger partial charge < -0.3 is 10.2 Å². The summed E-state index contributed by atoms with van der Waals surface area (Å²) in [6.45, 7) is 13.6. The molecule has 0 fully saturated rings. The number of amides is 2. The molecule has 0 atom stereocenters. The summed E-state index contributed by atoms with van der Waals surface area (Å²) in [6, 6.07) is 12.4. The number of hydrogen-bond acceptors (Lipinski definition) is 3. The van der Waals surface area contributed by atoms with Crippen molar-refractivity contribution < 1.29 is 14.0 Å². The number of carbonyl (C=O) groups is 2. The molecule has 0 aromatic heterocycles. The van der Waals surface area contributed by atoms with Gasteiger partial charge in [0.1, 0.15) is 5.82 Å². The highest BCUT2D eigenvalue weighted by molar-refractivity contribution is 5.97. The number of carbonyl (C=O) groups excluding carboxylic acids is 2. The van der Waals surface area contributed by atoms with Crippen molar-refractivity contribution in [2.45, 2.75) is 78.7 Å². The van der Waals surface area contributed by atoms with Crippen molar-refractivity contribution in [2.75, 3.05) is 31.1 Å². The third-order valence-corrected chi connectivity index (χ3v) is 7.18. The van der Waals surface area contributed by atoms with Crippen LogP contribution in [0.4, 0.5) is 10.1 Å². The van der Waals surface area contributed by atoms with Crippen molar-refractivity contribution >= 4 is 17.5 Å². The van der Waals surface area contributed by atoms with Gasteiger partial charge in [-0.1, -0.05) is 65.2 Å². The quantitative estimate of drug-likeness (QED) is 0.497. The van der Waals surface area contributed by atoms with Gasteiger partial charge in [-0.05, 0) is 60.7 Å². The Kier molecular flexibility index (Phi) is 10.3. The number of benzene rings is 2. The van der Waals surface area contributed by atoms with Gasteiger partial charge in [-0.2, -0.15) is 0 Å². The smallest absolute Gasteiger partial charge is 0.251 e. The summed E-state index contributed by atoms with van der Waals surface area (Å²) in [5.41, 5.74) is 2.47. The summed E-state index contributed by atoms with van der Waals surface area (Å²) in [6.07, 6.45) is 5.63. The SMILES string of the molecule is CC(=O)N1CCCCCCCN(CC(C)C)Cc2cc(C(=O)NCC(C)(C)c3ccccc3F)ccc21. The Morgan fingerprint density at radius 3 is 2.35 bits per heavy atom. The summed E-state index contributed by atoms with van der Waals surface area (Å²) < 4.78 is 14.4. The monoisotopic (exact) mass is 509 g/mol. The van der Waals surface area contributed by atoms with Crippen LogP contribution in [0, 0.1) is 11.7 Å². The van der Waals surface area contributed by atoms with E-state index in [0.29, 0.717) is 36.7 Å². The third kappa shape index (κ3) is 8.13. The molecule has 2 amide bonds. The zero-order valence-corrected chi connectivity index (χ0v) is 23.3. The van der Waals surface area contributed by atoms with E-state index < -0.39 is 5.41 Å². The molecule has 2 aromatic carbocycles. The van der Waals surface area contributed by atoms with Crippen molar-refractivity contribution in [3.63, 3.8) is 0 Å². The molecule has 6 heteroatoms. The van der Waals surface area contributed by atoms with Gasteiger partial charge in [-0.15, -0.1) is 0 Å². The first kappa shape index (κ1) is 28.8. The first-order valence-corrected chi connectivity index (χ1v) is 13.7. The maximum absolute atomic E-state index is 14.4. The standard InChI is InChI=1S/C31H44FN3O2/c1-23(2)20-34-17-11-7-6-8-12-18-35(24(3)36)29-16-15-25(19-26(29)21-34)30(37)33-22-31(4,5)27-13-9-10-14-28(27)32/h9-10,13-16,19,23H,6-8,11-12,17-18,20-22H2,1-5H3,(H,33,37). The average Bonchev–Trinajstić information content (AvgIpc) is 2.83. The van der Waals surface area contributed by atoms with E-state index in [1.165, 1.54) is 18.9 Å². The number of anilines is 1. The first-order valence-electron chi connectivity index (χ1n) is 13.7. The van der Waals surface area contributed by atoms with Gasteiger partial charge in [0, 0.05) is 49.8 Å². The Labute approximate surface area is 222 Å². The second-order valence-corrected chi connectivity index (χ2v) is 11.5. The zero-order valence-electron chi connectivity index (χ0n) is 23.3. The van der Waals surface area contributed by atoms with E-state index >= 15 is 0 Å². The van der Waals surface area contributed by atoms with Crippen LogP contribution in [-0.4, -0.2) is 42.9 Å². The molecule has 0 spiro atoms. The maximum atomic E-state index is 14.4. The van der Waals surface area contributed by atoms with Crippen molar-refractivity contribution in [1.82, 2.24) is 10.2 Å². The average molecular weight is 510 g/mol. The minimum Gasteiger partial charge on any atom is -0.351 e. The molecule has 0 saturated heterocycles. The molecule has 1 aliphatic heterocycles. The van der Waals surface area contributed by atoms with Crippen molar-refractivity contribution in [3.8, 4) is 0 Å². The molecule has 0 unspecified atom stereocenters. The summed E-state index contributed by atoms with van der Waals surface area (Å²) in [5, 5.41) is 3.02. The van der Waals surface area contributed by atoms with Crippen LogP contribution < -0.4 is 10.2 Å². The lowest BCUT2D eigenvalue weighted by Gasteiger charge is -2.30. The number of fused-ring (bicyclic) bond motifs is 1. The molecular formula is C31H44FN3O2. The molecule has 0 aliphatic carbocycles. The molecule has 1 aliphatic rings. The van der Waals surface area contributed by atoms with Crippen LogP contribution in [0.15, 0.2) is 42.5 Å². The van der Waals surface area contributed by atoms with E-state index in [1.807, 2.05) is 36.9 Å². The largest absolute Gasteiger partial charge is 0.351 e. The van der Waals surface area contributed by atoms with E-state index in [0.717, 1.165) is 43.6 Å². The molecule has 202 valence electrons. The molecular weight excluding hydrogens is 465 g/mol. The van der Waals surface area contributed by atoms with E-state index in [-0.39, 0.29) is 17.6 Å². The lowest BCUT2D eigenvalue weighted by Crippen LogP contribution is -2.37. The minimum atomic E-state index is -0.559. The predicted molar refractivity (Wildman–Crippen MR) is 149 cm³/mol. The van der Waals surface area contributed by atoms with E-state index in [1.54, 1.807) is 25.1 Å². The Morgan fingerprint density at radius 1 is 1.00 bits per heavy atom. The number of nitrogens with zero attached hydrogens (tertiary/aromatic N) is 2. The molecule has 1 N–H and O–H groups in total. The zero-order chi connectivity index (χ0) is 27.0. The molecule has 3 rings (SSSR count). The Balaban J connectivity index is 1.88. The van der Waals surface area contributed by atoms with Crippen LogP contribution in [0.5, 0.6) is 0 Å². The molecule has 0 radical (unpaired) electrons. The highest BCUT2D eigenvalue weighted by Gasteiger charge is 2.25. The normalized spacial score (nSPS) is 16.0. The van der Waals surface area contributed by atoms with Gasteiger partial charge in [0.25, 0.3) is 5.91 Å². The Bertz CT molecular complexity index is 1070. The summed E-state index contributed by atoms with van der Waals surface area (Å²) in [7, 11) is 0. The summed E-state index contributed by atoms with van der Waals surface area (Å²) in [4.78, 5) is 30.2. The number of hydrogen-bond donors (Lipinski definition) is 1. The second-order valence-electron chi connectivity index (χ2n) is 11.5. The van der Waals surface area contributed by atoms with Crippen LogP contribution in [0.1, 0.15) is 88.2 Å². The number of halogens is 1. The van der Waals surface area contributed by atoms with Crippen LogP contribution >= 0.6 is 0 Å². The van der Waals surface area contributed by atoms with E-state index in [9.17, 15) is 14.0 Å². The summed E-state index contributed by atoms with van der Waals surface area (Å²) in [5.74, 6) is 0.0872. The highest BCUT2D eigenvalue weighted by atomic mass is 19.1. The fourth-order valence-corrected chi connectivity index (χ4v) is 5.20. The second kappa shape index (κ2) is 13.2. The Morgan fingerprint density at radius 2 is 1.68 bits per heavy atom.